The van der Waals surface area contributed by atoms with Gasteiger partial charge in [-0.1, -0.05) is 25.3 Å². The quantitative estimate of drug-likeness (QED) is 0.364. The van der Waals surface area contributed by atoms with Gasteiger partial charge in [0.25, 0.3) is 0 Å². The van der Waals surface area contributed by atoms with Gasteiger partial charge in [-0.2, -0.15) is 0 Å². The summed E-state index contributed by atoms with van der Waals surface area (Å²) in [7, 11) is 0. The lowest BCUT2D eigenvalue weighted by Crippen LogP contribution is -2.21. The van der Waals surface area contributed by atoms with Crippen molar-refractivity contribution in [2.75, 3.05) is 13.2 Å². The topological polar surface area (TPSA) is 38.3 Å². The van der Waals surface area contributed by atoms with Crippen molar-refractivity contribution in [3.63, 3.8) is 0 Å². The maximum Gasteiger partial charge on any atom is 0.354 e. The minimum atomic E-state index is -0.461. The zero-order valence-corrected chi connectivity index (χ0v) is 7.01. The van der Waals surface area contributed by atoms with E-state index in [0.29, 0.717) is 6.54 Å². The first-order valence-electron chi connectivity index (χ1n) is 3.54. The summed E-state index contributed by atoms with van der Waals surface area (Å²) in [5.74, 6) is -0.461. The van der Waals surface area contributed by atoms with Gasteiger partial charge in [-0.25, -0.2) is 4.79 Å². The predicted molar refractivity (Wildman–Crippen MR) is 48.5 cm³/mol. The molecule has 0 rings (SSSR count). The molecule has 0 aromatic rings. The first-order chi connectivity index (χ1) is 5.72. The van der Waals surface area contributed by atoms with Gasteiger partial charge in [0.05, 0.1) is 0 Å². The fourth-order valence-electron chi connectivity index (χ4n) is 0.489. The predicted octanol–water partition coefficient (Wildman–Crippen LogP) is 1.00. The van der Waals surface area contributed by atoms with Crippen LogP contribution in [0.1, 0.15) is 0 Å². The molecule has 0 aliphatic rings. The van der Waals surface area contributed by atoms with E-state index in [0.717, 1.165) is 0 Å². The zero-order valence-electron chi connectivity index (χ0n) is 7.01. The summed E-state index contributed by atoms with van der Waals surface area (Å²) in [6, 6.07) is 0. The Morgan fingerprint density at radius 2 is 2.08 bits per heavy atom. The van der Waals surface area contributed by atoms with E-state index in [1.165, 1.54) is 6.08 Å². The molecular weight excluding hydrogens is 154 g/mol. The van der Waals surface area contributed by atoms with Gasteiger partial charge in [0.2, 0.25) is 0 Å². The van der Waals surface area contributed by atoms with Crippen LogP contribution in [0.5, 0.6) is 0 Å². The van der Waals surface area contributed by atoms with Crippen LogP contribution in [-0.2, 0) is 9.53 Å². The van der Waals surface area contributed by atoms with Crippen LogP contribution in [0.25, 0.3) is 0 Å². The fourth-order valence-corrected chi connectivity index (χ4v) is 0.489. The third-order valence-corrected chi connectivity index (χ3v) is 1.04. The molecule has 3 nitrogen and oxygen atoms in total. The molecule has 0 aliphatic heterocycles. The molecule has 0 fully saturated rings. The molecular formula is C9H13NO2. The summed E-state index contributed by atoms with van der Waals surface area (Å²) in [5, 5.41) is 2.72. The Hall–Kier alpha value is -1.51. The number of hydrogen-bond donors (Lipinski definition) is 1. The van der Waals surface area contributed by atoms with Crippen molar-refractivity contribution in [1.29, 1.82) is 0 Å². The fraction of sp³-hybridized carbons (Fsp3) is 0.222. The molecule has 0 bridgehead atoms. The van der Waals surface area contributed by atoms with E-state index in [-0.39, 0.29) is 12.3 Å². The molecule has 0 heterocycles. The van der Waals surface area contributed by atoms with Crippen LogP contribution in [0.15, 0.2) is 37.6 Å². The molecule has 0 amide bonds. The molecule has 0 aromatic heterocycles. The van der Waals surface area contributed by atoms with E-state index >= 15 is 0 Å². The van der Waals surface area contributed by atoms with E-state index in [2.05, 4.69) is 25.1 Å². The summed E-state index contributed by atoms with van der Waals surface area (Å²) in [6.45, 7) is 11.1. The minimum absolute atomic E-state index is 0.202. The van der Waals surface area contributed by atoms with Crippen molar-refractivity contribution < 1.29 is 9.53 Å². The molecule has 0 aliphatic carbocycles. The second-order valence-electron chi connectivity index (χ2n) is 2.04. The summed E-state index contributed by atoms with van der Waals surface area (Å²) in [5.41, 5.74) is 0.233. The first-order valence-corrected chi connectivity index (χ1v) is 3.54. The van der Waals surface area contributed by atoms with Gasteiger partial charge < -0.3 is 10.1 Å². The van der Waals surface area contributed by atoms with Crippen LogP contribution in [0.4, 0.5) is 0 Å². The summed E-state index contributed by atoms with van der Waals surface area (Å²) in [6.07, 6.45) is 3.13. The number of rotatable bonds is 6. The lowest BCUT2D eigenvalue weighted by atomic mass is 10.4. The lowest BCUT2D eigenvalue weighted by Gasteiger charge is -2.05. The molecule has 0 spiro atoms. The maximum atomic E-state index is 10.9. The van der Waals surface area contributed by atoms with Gasteiger partial charge in [0.1, 0.15) is 12.3 Å². The van der Waals surface area contributed by atoms with Crippen LogP contribution in [0.3, 0.4) is 0 Å². The normalized spacial score (nSPS) is 8.33. The average molecular weight is 167 g/mol. The number of nitrogens with one attached hydrogen (secondary N) is 1. The van der Waals surface area contributed by atoms with Gasteiger partial charge >= 0.3 is 5.97 Å². The number of hydrogen-bond acceptors (Lipinski definition) is 3. The molecule has 66 valence electrons. The van der Waals surface area contributed by atoms with E-state index in [1.807, 2.05) is 0 Å². The molecule has 0 atom stereocenters. The summed E-state index contributed by atoms with van der Waals surface area (Å²) in [4.78, 5) is 10.9. The average Bonchev–Trinajstić information content (AvgIpc) is 2.10. The highest BCUT2D eigenvalue weighted by Crippen LogP contribution is 1.89. The van der Waals surface area contributed by atoms with Crippen LogP contribution >= 0.6 is 0 Å². The van der Waals surface area contributed by atoms with Gasteiger partial charge in [-0.05, 0) is 0 Å². The minimum Gasteiger partial charge on any atom is -0.457 e. The van der Waals surface area contributed by atoms with E-state index in [9.17, 15) is 4.79 Å². The van der Waals surface area contributed by atoms with Crippen molar-refractivity contribution in [3.8, 4) is 0 Å². The summed E-state index contributed by atoms with van der Waals surface area (Å²) < 4.78 is 4.70. The highest BCUT2D eigenvalue weighted by molar-refractivity contribution is 5.87. The highest BCUT2D eigenvalue weighted by Gasteiger charge is 2.04. The van der Waals surface area contributed by atoms with Crippen LogP contribution in [0, 0.1) is 0 Å². The van der Waals surface area contributed by atoms with Crippen LogP contribution < -0.4 is 5.32 Å². The molecule has 3 heteroatoms. The molecule has 12 heavy (non-hydrogen) atoms. The monoisotopic (exact) mass is 167 g/mol. The standard InChI is InChI=1S/C9H13NO2/c1-4-6-10-8(3)9(11)12-7-5-2/h4-5,10H,1-3,6-7H2. The van der Waals surface area contributed by atoms with Crippen molar-refractivity contribution in [1.82, 2.24) is 5.32 Å². The third-order valence-electron chi connectivity index (χ3n) is 1.04. The number of ether oxygens (including phenoxy) is 1. The Morgan fingerprint density at radius 3 is 2.58 bits per heavy atom. The van der Waals surface area contributed by atoms with Gasteiger partial charge in [-0.15, -0.1) is 6.58 Å². The molecule has 0 saturated carbocycles. The highest BCUT2D eigenvalue weighted by atomic mass is 16.5. The maximum absolute atomic E-state index is 10.9. The van der Waals surface area contributed by atoms with E-state index in [4.69, 9.17) is 4.74 Å². The van der Waals surface area contributed by atoms with Crippen LogP contribution in [0.2, 0.25) is 0 Å². The number of esters is 1. The van der Waals surface area contributed by atoms with Crippen molar-refractivity contribution in [2.45, 2.75) is 0 Å². The Labute approximate surface area is 72.4 Å². The molecule has 0 radical (unpaired) electrons. The lowest BCUT2D eigenvalue weighted by molar-refractivity contribution is -0.138. The molecule has 0 saturated heterocycles. The molecule has 0 aromatic carbocycles. The zero-order chi connectivity index (χ0) is 9.40. The second kappa shape index (κ2) is 6.22. The Kier molecular flexibility index (Phi) is 5.43. The summed E-state index contributed by atoms with van der Waals surface area (Å²) >= 11 is 0. The Balaban J connectivity index is 3.68. The van der Waals surface area contributed by atoms with E-state index in [1.54, 1.807) is 6.08 Å². The van der Waals surface area contributed by atoms with Crippen LogP contribution in [-0.4, -0.2) is 19.1 Å². The van der Waals surface area contributed by atoms with E-state index < -0.39 is 5.97 Å². The largest absolute Gasteiger partial charge is 0.457 e. The third kappa shape index (κ3) is 4.33. The Morgan fingerprint density at radius 1 is 1.42 bits per heavy atom. The van der Waals surface area contributed by atoms with Crippen molar-refractivity contribution in [3.05, 3.63) is 37.6 Å². The van der Waals surface area contributed by atoms with Gasteiger partial charge in [-0.3, -0.25) is 0 Å². The van der Waals surface area contributed by atoms with Crippen molar-refractivity contribution >= 4 is 5.97 Å². The Bertz CT molecular complexity index is 175. The first kappa shape index (κ1) is 10.5. The SMILES string of the molecule is C=CCNC(=C)C(=O)OCC=C. The number of carbonyl (C=O) groups is 1. The second-order valence-corrected chi connectivity index (χ2v) is 2.04. The molecule has 0 unspecified atom stereocenters. The molecule has 1 N–H and O–H groups in total. The van der Waals surface area contributed by atoms with Crippen molar-refractivity contribution in [2.24, 2.45) is 0 Å². The van der Waals surface area contributed by atoms with Gasteiger partial charge in [0.15, 0.2) is 0 Å². The van der Waals surface area contributed by atoms with Gasteiger partial charge in [0, 0.05) is 6.54 Å². The number of carbonyl (C=O) groups excluding carboxylic acids is 1. The smallest absolute Gasteiger partial charge is 0.354 e.